The number of unbranched alkanes of at least 4 members (excludes halogenated alkanes) is 8. The second-order valence-corrected chi connectivity index (χ2v) is 5.51. The maximum atomic E-state index is 9.60. The molecule has 0 saturated heterocycles. The molecule has 1 heteroatoms. The highest BCUT2D eigenvalue weighted by Gasteiger charge is 2.01. The number of hydrogen-bond donors (Lipinski definition) is 1. The van der Waals surface area contributed by atoms with Crippen LogP contribution in [-0.2, 0) is 0 Å². The smallest absolute Gasteiger partial charge is 0.0540 e. The van der Waals surface area contributed by atoms with Crippen molar-refractivity contribution in [3.05, 3.63) is 24.8 Å². The van der Waals surface area contributed by atoms with Crippen LogP contribution in [0.1, 0.15) is 84.0 Å². The Morgan fingerprint density at radius 3 is 2.05 bits per heavy atom. The molecule has 1 unspecified atom stereocenters. The number of hydrogen-bond acceptors (Lipinski definition) is 1. The van der Waals surface area contributed by atoms with E-state index in [1.54, 1.807) is 0 Å². The van der Waals surface area contributed by atoms with Crippen molar-refractivity contribution in [3.8, 4) is 0 Å². The zero-order valence-electron chi connectivity index (χ0n) is 12.9. The van der Waals surface area contributed by atoms with Gasteiger partial charge in [0, 0.05) is 0 Å². The molecule has 0 amide bonds. The van der Waals surface area contributed by atoms with E-state index in [-0.39, 0.29) is 6.10 Å². The van der Waals surface area contributed by atoms with Gasteiger partial charge in [-0.05, 0) is 25.7 Å². The highest BCUT2D eigenvalue weighted by Crippen LogP contribution is 2.12. The van der Waals surface area contributed by atoms with Crippen LogP contribution in [0.15, 0.2) is 24.8 Å². The lowest BCUT2D eigenvalue weighted by Crippen LogP contribution is -2.04. The molecule has 0 aromatic rings. The second-order valence-electron chi connectivity index (χ2n) is 5.51. The lowest BCUT2D eigenvalue weighted by atomic mass is 10.0. The van der Waals surface area contributed by atoms with Crippen LogP contribution < -0.4 is 0 Å². The third-order valence-corrected chi connectivity index (χ3v) is 3.55. The summed E-state index contributed by atoms with van der Waals surface area (Å²) in [6.07, 6.45) is 20.9. The van der Waals surface area contributed by atoms with Gasteiger partial charge in [-0.1, -0.05) is 83.1 Å². The Balaban J connectivity index is 3.06. The van der Waals surface area contributed by atoms with Gasteiger partial charge in [0.05, 0.1) is 6.10 Å². The minimum absolute atomic E-state index is 0.0476. The molecule has 0 rings (SSSR count). The monoisotopic (exact) mass is 266 g/mol. The van der Waals surface area contributed by atoms with Gasteiger partial charge in [0.25, 0.3) is 0 Å². The number of allylic oxidation sites excluding steroid dienone is 3. The Kier molecular flexibility index (Phi) is 15.0. The molecular weight excluding hydrogens is 232 g/mol. The molecule has 1 atom stereocenters. The van der Waals surface area contributed by atoms with E-state index in [9.17, 15) is 5.11 Å². The van der Waals surface area contributed by atoms with Gasteiger partial charge in [0.2, 0.25) is 0 Å². The highest BCUT2D eigenvalue weighted by molar-refractivity contribution is 4.96. The summed E-state index contributed by atoms with van der Waals surface area (Å²) in [5.41, 5.74) is 0. The largest absolute Gasteiger partial charge is 0.393 e. The fourth-order valence-electron chi connectivity index (χ4n) is 2.37. The van der Waals surface area contributed by atoms with Crippen LogP contribution in [-0.4, -0.2) is 11.2 Å². The first kappa shape index (κ1) is 18.4. The summed E-state index contributed by atoms with van der Waals surface area (Å²) in [4.78, 5) is 0. The topological polar surface area (TPSA) is 20.2 Å². The molecule has 19 heavy (non-hydrogen) atoms. The summed E-state index contributed by atoms with van der Waals surface area (Å²) in [6.45, 7) is 5.80. The van der Waals surface area contributed by atoms with E-state index >= 15 is 0 Å². The van der Waals surface area contributed by atoms with E-state index in [1.165, 1.54) is 57.8 Å². The summed E-state index contributed by atoms with van der Waals surface area (Å²) in [5, 5.41) is 9.60. The normalized spacial score (nSPS) is 12.9. The SMILES string of the molecule is C=CC=CCCCCCCCCCCC(O)CCC. The van der Waals surface area contributed by atoms with Crippen molar-refractivity contribution >= 4 is 0 Å². The van der Waals surface area contributed by atoms with Crippen molar-refractivity contribution in [1.82, 2.24) is 0 Å². The highest BCUT2D eigenvalue weighted by atomic mass is 16.3. The number of aliphatic hydroxyl groups excluding tert-OH is 1. The van der Waals surface area contributed by atoms with E-state index < -0.39 is 0 Å². The molecule has 0 aliphatic rings. The van der Waals surface area contributed by atoms with Gasteiger partial charge < -0.3 is 5.11 Å². The molecule has 0 aromatic heterocycles. The first-order valence-corrected chi connectivity index (χ1v) is 8.26. The van der Waals surface area contributed by atoms with Crippen molar-refractivity contribution in [3.63, 3.8) is 0 Å². The maximum Gasteiger partial charge on any atom is 0.0540 e. The molecule has 1 N–H and O–H groups in total. The van der Waals surface area contributed by atoms with Crippen LogP contribution in [0.5, 0.6) is 0 Å². The van der Waals surface area contributed by atoms with Gasteiger partial charge in [-0.15, -0.1) is 0 Å². The molecule has 0 aromatic carbocycles. The summed E-state index contributed by atoms with van der Waals surface area (Å²) < 4.78 is 0. The predicted molar refractivity (Wildman–Crippen MR) is 86.4 cm³/mol. The Hall–Kier alpha value is -0.560. The number of aliphatic hydroxyl groups is 1. The van der Waals surface area contributed by atoms with Crippen LogP contribution >= 0.6 is 0 Å². The van der Waals surface area contributed by atoms with E-state index in [1.807, 2.05) is 12.2 Å². The van der Waals surface area contributed by atoms with Gasteiger partial charge in [0.15, 0.2) is 0 Å². The van der Waals surface area contributed by atoms with Crippen LogP contribution in [0.3, 0.4) is 0 Å². The van der Waals surface area contributed by atoms with Gasteiger partial charge in [-0.2, -0.15) is 0 Å². The van der Waals surface area contributed by atoms with Gasteiger partial charge in [-0.3, -0.25) is 0 Å². The minimum Gasteiger partial charge on any atom is -0.393 e. The van der Waals surface area contributed by atoms with Crippen LogP contribution in [0.2, 0.25) is 0 Å². The second kappa shape index (κ2) is 15.5. The molecule has 0 spiro atoms. The van der Waals surface area contributed by atoms with Crippen LogP contribution in [0.4, 0.5) is 0 Å². The summed E-state index contributed by atoms with van der Waals surface area (Å²) in [5.74, 6) is 0. The molecule has 0 radical (unpaired) electrons. The molecule has 0 aliphatic heterocycles. The molecule has 0 bridgehead atoms. The van der Waals surface area contributed by atoms with E-state index in [0.717, 1.165) is 19.3 Å². The molecule has 112 valence electrons. The van der Waals surface area contributed by atoms with Crippen molar-refractivity contribution in [2.45, 2.75) is 90.1 Å². The van der Waals surface area contributed by atoms with E-state index in [2.05, 4.69) is 19.6 Å². The predicted octanol–water partition coefficient (Wildman–Crippen LogP) is 5.79. The van der Waals surface area contributed by atoms with E-state index in [4.69, 9.17) is 0 Å². The van der Waals surface area contributed by atoms with Gasteiger partial charge >= 0.3 is 0 Å². The fraction of sp³-hybridized carbons (Fsp3) is 0.778. The summed E-state index contributed by atoms with van der Waals surface area (Å²) in [6, 6.07) is 0. The first-order chi connectivity index (χ1) is 9.31. The lowest BCUT2D eigenvalue weighted by molar-refractivity contribution is 0.150. The number of rotatable bonds is 14. The van der Waals surface area contributed by atoms with E-state index in [0.29, 0.717) is 0 Å². The molecule has 0 fully saturated rings. The van der Waals surface area contributed by atoms with Crippen molar-refractivity contribution in [2.24, 2.45) is 0 Å². The molecule has 0 aliphatic carbocycles. The average molecular weight is 266 g/mol. The Morgan fingerprint density at radius 2 is 1.47 bits per heavy atom. The summed E-state index contributed by atoms with van der Waals surface area (Å²) in [7, 11) is 0. The fourth-order valence-corrected chi connectivity index (χ4v) is 2.37. The van der Waals surface area contributed by atoms with Crippen molar-refractivity contribution < 1.29 is 5.11 Å². The van der Waals surface area contributed by atoms with Gasteiger partial charge in [-0.25, -0.2) is 0 Å². The third kappa shape index (κ3) is 15.4. The zero-order valence-corrected chi connectivity index (χ0v) is 12.9. The molecule has 1 nitrogen and oxygen atoms in total. The molecule has 0 saturated carbocycles. The lowest BCUT2D eigenvalue weighted by Gasteiger charge is -2.08. The van der Waals surface area contributed by atoms with Crippen LogP contribution in [0, 0.1) is 0 Å². The quantitative estimate of drug-likeness (QED) is 0.311. The molecule has 0 heterocycles. The Morgan fingerprint density at radius 1 is 0.895 bits per heavy atom. The first-order valence-electron chi connectivity index (χ1n) is 8.26. The zero-order chi connectivity index (χ0) is 14.2. The Bertz CT molecular complexity index is 208. The van der Waals surface area contributed by atoms with Crippen molar-refractivity contribution in [1.29, 1.82) is 0 Å². The molecular formula is C18H34O. The average Bonchev–Trinajstić information content (AvgIpc) is 2.40. The summed E-state index contributed by atoms with van der Waals surface area (Å²) >= 11 is 0. The standard InChI is InChI=1S/C18H34O/c1-3-5-6-7-8-9-10-11-12-13-14-15-17-18(19)16-4-2/h3,5-6,18-19H,1,4,7-17H2,2H3. The van der Waals surface area contributed by atoms with Crippen molar-refractivity contribution in [2.75, 3.05) is 0 Å². The Labute approximate surface area is 120 Å². The minimum atomic E-state index is -0.0476. The van der Waals surface area contributed by atoms with Crippen LogP contribution in [0.25, 0.3) is 0 Å². The third-order valence-electron chi connectivity index (χ3n) is 3.55. The maximum absolute atomic E-state index is 9.60. The van der Waals surface area contributed by atoms with Gasteiger partial charge in [0.1, 0.15) is 0 Å².